The molecular formula is C20H29N3O3. The van der Waals surface area contributed by atoms with Crippen LogP contribution >= 0.6 is 0 Å². The number of carbonyl (C=O) groups is 2. The second kappa shape index (κ2) is 10.5. The minimum absolute atomic E-state index is 0.181. The van der Waals surface area contributed by atoms with Gasteiger partial charge in [0.15, 0.2) is 0 Å². The zero-order valence-electron chi connectivity index (χ0n) is 15.6. The number of alkyl carbamates (subject to hydrolysis) is 1. The van der Waals surface area contributed by atoms with Crippen molar-refractivity contribution >= 4 is 22.9 Å². The van der Waals surface area contributed by atoms with Crippen molar-refractivity contribution in [1.29, 1.82) is 0 Å². The lowest BCUT2D eigenvalue weighted by molar-refractivity contribution is -0.123. The Bertz CT molecular complexity index is 711. The summed E-state index contributed by atoms with van der Waals surface area (Å²) in [5.41, 5.74) is 2.00. The van der Waals surface area contributed by atoms with Gasteiger partial charge in [-0.05, 0) is 25.0 Å². The van der Waals surface area contributed by atoms with Gasteiger partial charge >= 0.3 is 6.09 Å². The number of unbranched alkanes of at least 4 members (excludes halogenated alkanes) is 3. The van der Waals surface area contributed by atoms with Crippen molar-refractivity contribution in [2.75, 3.05) is 13.2 Å². The van der Waals surface area contributed by atoms with E-state index >= 15 is 0 Å². The molecule has 0 saturated heterocycles. The average molecular weight is 359 g/mol. The van der Waals surface area contributed by atoms with Crippen LogP contribution in [-0.2, 0) is 16.0 Å². The number of para-hydroxylation sites is 1. The van der Waals surface area contributed by atoms with Gasteiger partial charge in [-0.2, -0.15) is 0 Å². The largest absolute Gasteiger partial charge is 0.450 e. The number of hydrogen-bond donors (Lipinski definition) is 3. The number of carbonyl (C=O) groups excluding carboxylic acids is 2. The first-order valence-electron chi connectivity index (χ1n) is 9.41. The molecule has 1 aromatic heterocycles. The van der Waals surface area contributed by atoms with Gasteiger partial charge in [-0.1, -0.05) is 44.4 Å². The molecule has 0 aliphatic heterocycles. The van der Waals surface area contributed by atoms with E-state index in [1.54, 1.807) is 6.92 Å². The monoisotopic (exact) mass is 359 g/mol. The Morgan fingerprint density at radius 2 is 1.96 bits per heavy atom. The van der Waals surface area contributed by atoms with Crippen LogP contribution in [0.3, 0.4) is 0 Å². The molecule has 2 rings (SSSR count). The van der Waals surface area contributed by atoms with Crippen LogP contribution in [-0.4, -0.2) is 36.2 Å². The summed E-state index contributed by atoms with van der Waals surface area (Å²) in [6.07, 6.45) is 6.08. The lowest BCUT2D eigenvalue weighted by Gasteiger charge is -2.18. The number of H-pyrrole nitrogens is 1. The molecule has 6 heteroatoms. The average Bonchev–Trinajstić information content (AvgIpc) is 3.04. The number of amides is 2. The maximum absolute atomic E-state index is 12.6. The SMILES string of the molecule is CCCCCCNC(=O)[C@@H](Cc1c[nH]c2ccccc12)NC(=O)OCC. The van der Waals surface area contributed by atoms with Gasteiger partial charge in [0.05, 0.1) is 6.61 Å². The molecule has 3 N–H and O–H groups in total. The standard InChI is InChI=1S/C20H29N3O3/c1-3-5-6-9-12-21-19(24)18(23-20(25)26-4-2)13-15-14-22-17-11-8-7-10-16(15)17/h7-8,10-11,14,18,22H,3-6,9,12-13H2,1-2H3,(H,21,24)(H,23,25)/t18-/m1/s1. The highest BCUT2D eigenvalue weighted by Gasteiger charge is 2.22. The van der Waals surface area contributed by atoms with Crippen molar-refractivity contribution in [1.82, 2.24) is 15.6 Å². The summed E-state index contributed by atoms with van der Waals surface area (Å²) in [6, 6.07) is 7.24. The second-order valence-corrected chi connectivity index (χ2v) is 6.33. The molecule has 0 radical (unpaired) electrons. The van der Waals surface area contributed by atoms with Gasteiger partial charge in [0.25, 0.3) is 0 Å². The Kier molecular flexibility index (Phi) is 7.99. The minimum Gasteiger partial charge on any atom is -0.450 e. The molecule has 0 fully saturated rings. The van der Waals surface area contributed by atoms with Crippen LogP contribution in [0.5, 0.6) is 0 Å². The van der Waals surface area contributed by atoms with Gasteiger partial charge < -0.3 is 20.4 Å². The predicted molar refractivity (Wildman–Crippen MR) is 103 cm³/mol. The summed E-state index contributed by atoms with van der Waals surface area (Å²) in [7, 11) is 0. The number of aromatic amines is 1. The molecule has 6 nitrogen and oxygen atoms in total. The summed E-state index contributed by atoms with van der Waals surface area (Å²) >= 11 is 0. The lowest BCUT2D eigenvalue weighted by Crippen LogP contribution is -2.48. The van der Waals surface area contributed by atoms with Gasteiger partial charge in [0.2, 0.25) is 5.91 Å². The minimum atomic E-state index is -0.667. The highest BCUT2D eigenvalue weighted by Crippen LogP contribution is 2.19. The molecular weight excluding hydrogens is 330 g/mol. The summed E-state index contributed by atoms with van der Waals surface area (Å²) in [4.78, 5) is 27.6. The quantitative estimate of drug-likeness (QED) is 0.568. The van der Waals surface area contributed by atoms with E-state index in [0.717, 1.165) is 42.1 Å². The molecule has 2 amide bonds. The van der Waals surface area contributed by atoms with Crippen LogP contribution in [0.25, 0.3) is 10.9 Å². The predicted octanol–water partition coefficient (Wildman–Crippen LogP) is 3.52. The Labute approximate surface area is 154 Å². The molecule has 1 atom stereocenters. The Morgan fingerprint density at radius 1 is 1.15 bits per heavy atom. The summed E-state index contributed by atoms with van der Waals surface area (Å²) in [5.74, 6) is -0.181. The first-order valence-corrected chi connectivity index (χ1v) is 9.41. The van der Waals surface area contributed by atoms with Crippen molar-refractivity contribution in [3.63, 3.8) is 0 Å². The molecule has 0 unspecified atom stereocenters. The van der Waals surface area contributed by atoms with Gasteiger partial charge in [0, 0.05) is 30.1 Å². The van der Waals surface area contributed by atoms with Crippen molar-refractivity contribution in [2.24, 2.45) is 0 Å². The molecule has 142 valence electrons. The molecule has 0 aliphatic carbocycles. The van der Waals surface area contributed by atoms with Gasteiger partial charge in [-0.3, -0.25) is 4.79 Å². The third-order valence-corrected chi connectivity index (χ3v) is 4.31. The maximum atomic E-state index is 12.6. The molecule has 2 aromatic rings. The van der Waals surface area contributed by atoms with E-state index < -0.39 is 12.1 Å². The zero-order valence-corrected chi connectivity index (χ0v) is 15.6. The topological polar surface area (TPSA) is 83.2 Å². The smallest absolute Gasteiger partial charge is 0.407 e. The van der Waals surface area contributed by atoms with E-state index in [0.29, 0.717) is 13.0 Å². The summed E-state index contributed by atoms with van der Waals surface area (Å²) in [6.45, 7) is 4.78. The molecule has 1 heterocycles. The molecule has 26 heavy (non-hydrogen) atoms. The van der Waals surface area contributed by atoms with Crippen molar-refractivity contribution < 1.29 is 14.3 Å². The first kappa shape index (κ1) is 19.8. The number of benzene rings is 1. The van der Waals surface area contributed by atoms with E-state index in [9.17, 15) is 9.59 Å². The lowest BCUT2D eigenvalue weighted by atomic mass is 10.0. The van der Waals surface area contributed by atoms with Crippen LogP contribution < -0.4 is 10.6 Å². The zero-order chi connectivity index (χ0) is 18.8. The van der Waals surface area contributed by atoms with E-state index in [-0.39, 0.29) is 12.5 Å². The number of fused-ring (bicyclic) bond motifs is 1. The number of nitrogens with one attached hydrogen (secondary N) is 3. The van der Waals surface area contributed by atoms with Crippen molar-refractivity contribution in [2.45, 2.75) is 52.0 Å². The number of rotatable bonds is 10. The molecule has 0 saturated carbocycles. The van der Waals surface area contributed by atoms with E-state index in [4.69, 9.17) is 4.74 Å². The Morgan fingerprint density at radius 3 is 2.73 bits per heavy atom. The highest BCUT2D eigenvalue weighted by atomic mass is 16.5. The second-order valence-electron chi connectivity index (χ2n) is 6.33. The number of aromatic nitrogens is 1. The van der Waals surface area contributed by atoms with E-state index in [2.05, 4.69) is 22.5 Å². The normalized spacial score (nSPS) is 11.9. The molecule has 1 aromatic carbocycles. The van der Waals surface area contributed by atoms with Crippen LogP contribution in [0.4, 0.5) is 4.79 Å². The van der Waals surface area contributed by atoms with Crippen molar-refractivity contribution in [3.05, 3.63) is 36.0 Å². The van der Waals surface area contributed by atoms with Crippen LogP contribution in [0.1, 0.15) is 45.1 Å². The molecule has 0 bridgehead atoms. The molecule has 0 aliphatic rings. The third-order valence-electron chi connectivity index (χ3n) is 4.31. The summed E-state index contributed by atoms with van der Waals surface area (Å²) < 4.78 is 4.95. The fourth-order valence-electron chi connectivity index (χ4n) is 2.93. The van der Waals surface area contributed by atoms with Crippen LogP contribution in [0, 0.1) is 0 Å². The van der Waals surface area contributed by atoms with Gasteiger partial charge in [0.1, 0.15) is 6.04 Å². The first-order chi connectivity index (χ1) is 12.7. The van der Waals surface area contributed by atoms with Crippen LogP contribution in [0.2, 0.25) is 0 Å². The number of hydrogen-bond acceptors (Lipinski definition) is 3. The van der Waals surface area contributed by atoms with E-state index in [1.807, 2.05) is 30.5 Å². The number of ether oxygens (including phenoxy) is 1. The van der Waals surface area contributed by atoms with E-state index in [1.165, 1.54) is 0 Å². The fourth-order valence-corrected chi connectivity index (χ4v) is 2.93. The summed E-state index contributed by atoms with van der Waals surface area (Å²) in [5, 5.41) is 6.67. The maximum Gasteiger partial charge on any atom is 0.407 e. The fraction of sp³-hybridized carbons (Fsp3) is 0.500. The van der Waals surface area contributed by atoms with Crippen LogP contribution in [0.15, 0.2) is 30.5 Å². The van der Waals surface area contributed by atoms with Gasteiger partial charge in [-0.25, -0.2) is 4.79 Å². The molecule has 0 spiro atoms. The van der Waals surface area contributed by atoms with Gasteiger partial charge in [-0.15, -0.1) is 0 Å². The highest BCUT2D eigenvalue weighted by molar-refractivity contribution is 5.88. The van der Waals surface area contributed by atoms with Crippen molar-refractivity contribution in [3.8, 4) is 0 Å². The Hall–Kier alpha value is -2.50. The third kappa shape index (κ3) is 5.79. The Balaban J connectivity index is 2.02.